The number of rotatable bonds is 3. The molecule has 0 bridgehead atoms. The Morgan fingerprint density at radius 3 is 0.696 bits per heavy atom. The van der Waals surface area contributed by atoms with Crippen molar-refractivity contribution in [1.82, 2.24) is 0 Å². The van der Waals surface area contributed by atoms with Crippen LogP contribution in [0, 0.1) is 111 Å². The van der Waals surface area contributed by atoms with Crippen molar-refractivity contribution in [3.8, 4) is 0 Å². The first-order chi connectivity index (χ1) is 21.3. The van der Waals surface area contributed by atoms with E-state index in [9.17, 15) is 52.7 Å². The molecule has 0 spiro atoms. The molecule has 0 radical (unpaired) electrons. The minimum atomic E-state index is -4.24. The number of benzene rings is 5. The lowest BCUT2D eigenvalue weighted by Crippen LogP contribution is -2.59. The van der Waals surface area contributed by atoms with Crippen LogP contribution in [-0.2, 0) is 0 Å². The molecule has 46 heavy (non-hydrogen) atoms. The molecule has 20 heteroatoms. The number of hydrogen-bond donors (Lipinski definition) is 0. The fourth-order valence-electron chi connectivity index (χ4n) is 4.86. The van der Waals surface area contributed by atoms with Gasteiger partial charge in [0.15, 0.2) is 98.9 Å². The van der Waals surface area contributed by atoms with Crippen molar-refractivity contribution in [2.45, 2.75) is 0 Å². The first kappa shape index (κ1) is 32.7. The van der Waals surface area contributed by atoms with E-state index in [1.165, 1.54) is 0 Å². The Kier molecular flexibility index (Phi) is 7.63. The standard InChI is InChI=1S/C26BF19/c28-8-1-2(9(29)4-3(8)11(31)19(39)20(40)12(4)32)10(30)18(38)13(33)5(1)27(6-14(34)21(41)25(45)22(42)15(6)35)7-16(36)23(43)26(46)24(44)17(7)37. The number of hydrogen-bond acceptors (Lipinski definition) is 0. The highest BCUT2D eigenvalue weighted by Gasteiger charge is 2.45. The molecular formula is C26BF19. The van der Waals surface area contributed by atoms with Gasteiger partial charge in [0, 0.05) is 16.3 Å². The number of halogens is 19. The quantitative estimate of drug-likeness (QED) is 0.0623. The van der Waals surface area contributed by atoms with Crippen LogP contribution in [0.1, 0.15) is 0 Å². The van der Waals surface area contributed by atoms with Gasteiger partial charge < -0.3 is 0 Å². The van der Waals surface area contributed by atoms with E-state index in [1.807, 2.05) is 0 Å². The highest BCUT2D eigenvalue weighted by Crippen LogP contribution is 2.38. The first-order valence-corrected chi connectivity index (χ1v) is 11.5. The van der Waals surface area contributed by atoms with Crippen molar-refractivity contribution in [1.29, 1.82) is 0 Å². The Labute approximate surface area is 239 Å². The summed E-state index contributed by atoms with van der Waals surface area (Å²) in [6.45, 7) is -4.24. The van der Waals surface area contributed by atoms with E-state index in [0.717, 1.165) is 0 Å². The lowest BCUT2D eigenvalue weighted by Gasteiger charge is -2.23. The van der Waals surface area contributed by atoms with Gasteiger partial charge in [-0.05, 0) is 5.46 Å². The van der Waals surface area contributed by atoms with Crippen LogP contribution >= 0.6 is 0 Å². The second kappa shape index (κ2) is 10.7. The summed E-state index contributed by atoms with van der Waals surface area (Å²) in [6.07, 6.45) is 0. The molecule has 0 nitrogen and oxygen atoms in total. The Bertz CT molecular complexity index is 2080. The van der Waals surface area contributed by atoms with Gasteiger partial charge in [0.2, 0.25) is 0 Å². The lowest BCUT2D eigenvalue weighted by atomic mass is 9.35. The van der Waals surface area contributed by atoms with E-state index in [1.54, 1.807) is 0 Å². The van der Waals surface area contributed by atoms with Crippen molar-refractivity contribution < 1.29 is 83.4 Å². The summed E-state index contributed by atoms with van der Waals surface area (Å²) < 4.78 is 278. The zero-order valence-electron chi connectivity index (χ0n) is 20.8. The summed E-state index contributed by atoms with van der Waals surface area (Å²) in [4.78, 5) is 0. The summed E-state index contributed by atoms with van der Waals surface area (Å²) in [7, 11) is 0. The Morgan fingerprint density at radius 1 is 0.174 bits per heavy atom. The summed E-state index contributed by atoms with van der Waals surface area (Å²) in [5.41, 5.74) is -8.51. The zero-order chi connectivity index (χ0) is 34.6. The maximum absolute atomic E-state index is 15.9. The molecule has 0 N–H and O–H groups in total. The van der Waals surface area contributed by atoms with Gasteiger partial charge in [-0.15, -0.1) is 0 Å². The lowest BCUT2D eigenvalue weighted by molar-refractivity contribution is 0.382. The molecule has 0 unspecified atom stereocenters. The van der Waals surface area contributed by atoms with Gasteiger partial charge in [-0.1, -0.05) is 0 Å². The third kappa shape index (κ3) is 4.06. The molecule has 0 fully saturated rings. The van der Waals surface area contributed by atoms with Crippen molar-refractivity contribution in [2.24, 2.45) is 0 Å². The monoisotopic (exact) mass is 684 g/mol. The van der Waals surface area contributed by atoms with Gasteiger partial charge in [-0.2, -0.15) is 0 Å². The summed E-state index contributed by atoms with van der Waals surface area (Å²) in [6, 6.07) is 0. The molecule has 0 heterocycles. The van der Waals surface area contributed by atoms with Crippen LogP contribution in [0.25, 0.3) is 21.5 Å². The van der Waals surface area contributed by atoms with Crippen molar-refractivity contribution in [2.75, 3.05) is 0 Å². The second-order valence-electron chi connectivity index (χ2n) is 9.14. The van der Waals surface area contributed by atoms with Crippen LogP contribution in [0.3, 0.4) is 0 Å². The van der Waals surface area contributed by atoms with Crippen molar-refractivity contribution in [3.05, 3.63) is 111 Å². The molecule has 5 aromatic rings. The average molecular weight is 684 g/mol. The molecule has 0 saturated heterocycles. The maximum Gasteiger partial charge on any atom is 0.262 e. The minimum Gasteiger partial charge on any atom is -0.206 e. The zero-order valence-corrected chi connectivity index (χ0v) is 20.8. The predicted molar refractivity (Wildman–Crippen MR) is 118 cm³/mol. The van der Waals surface area contributed by atoms with Crippen LogP contribution in [0.2, 0.25) is 0 Å². The van der Waals surface area contributed by atoms with Crippen molar-refractivity contribution in [3.63, 3.8) is 0 Å². The highest BCUT2D eigenvalue weighted by atomic mass is 19.2. The molecule has 0 aromatic heterocycles. The summed E-state index contributed by atoms with van der Waals surface area (Å²) in [5, 5.41) is -10.0. The molecule has 0 aliphatic carbocycles. The second-order valence-corrected chi connectivity index (χ2v) is 9.14. The number of fused-ring (bicyclic) bond motifs is 2. The summed E-state index contributed by atoms with van der Waals surface area (Å²) in [5.74, 6) is -58.8. The van der Waals surface area contributed by atoms with Crippen LogP contribution < -0.4 is 16.4 Å². The first-order valence-electron chi connectivity index (χ1n) is 11.5. The van der Waals surface area contributed by atoms with Crippen molar-refractivity contribution >= 4 is 44.6 Å². The maximum atomic E-state index is 15.9. The Balaban J connectivity index is 2.21. The Morgan fingerprint density at radius 2 is 0.370 bits per heavy atom. The molecule has 5 aromatic carbocycles. The largest absolute Gasteiger partial charge is 0.262 e. The Hall–Kier alpha value is -4.65. The topological polar surface area (TPSA) is 0 Å². The average Bonchev–Trinajstić information content (AvgIpc) is 3.02. The van der Waals surface area contributed by atoms with E-state index in [2.05, 4.69) is 0 Å². The van der Waals surface area contributed by atoms with Gasteiger partial charge in [0.25, 0.3) is 6.71 Å². The van der Waals surface area contributed by atoms with Gasteiger partial charge in [0.1, 0.15) is 11.6 Å². The van der Waals surface area contributed by atoms with E-state index in [4.69, 9.17) is 0 Å². The van der Waals surface area contributed by atoms with Crippen LogP contribution in [0.4, 0.5) is 83.4 Å². The minimum absolute atomic E-state index is 2.40. The molecule has 0 atom stereocenters. The fraction of sp³-hybridized carbons (Fsp3) is 0. The predicted octanol–water partition coefficient (Wildman–Crippen LogP) is 7.15. The molecule has 0 saturated carbocycles. The third-order valence-corrected chi connectivity index (χ3v) is 6.86. The molecule has 0 amide bonds. The highest BCUT2D eigenvalue weighted by molar-refractivity contribution is 6.97. The molecule has 0 aliphatic rings. The van der Waals surface area contributed by atoms with Crippen LogP contribution in [0.5, 0.6) is 0 Å². The van der Waals surface area contributed by atoms with Gasteiger partial charge in [-0.25, -0.2) is 83.4 Å². The third-order valence-electron chi connectivity index (χ3n) is 6.86. The van der Waals surface area contributed by atoms with Crippen LogP contribution in [0.15, 0.2) is 0 Å². The van der Waals surface area contributed by atoms with Gasteiger partial charge in [0.05, 0.1) is 16.2 Å². The van der Waals surface area contributed by atoms with E-state index in [-0.39, 0.29) is 0 Å². The van der Waals surface area contributed by atoms with Gasteiger partial charge in [-0.3, -0.25) is 0 Å². The molecule has 0 aliphatic heterocycles. The van der Waals surface area contributed by atoms with Crippen LogP contribution in [-0.4, -0.2) is 6.71 Å². The fourth-order valence-corrected chi connectivity index (χ4v) is 4.86. The normalized spacial score (nSPS) is 11.8. The molecule has 240 valence electrons. The van der Waals surface area contributed by atoms with Gasteiger partial charge >= 0.3 is 0 Å². The smallest absolute Gasteiger partial charge is 0.206 e. The van der Waals surface area contributed by atoms with E-state index < -0.39 is 155 Å². The SMILES string of the molecule is Fc1c(F)c(F)c(B(c2c(F)c(F)c(F)c(F)c2F)c2c(F)c(F)c(F)c3c(F)c4c(F)c(F)c(F)c(F)c4c(F)c23)c(F)c1F. The molecule has 5 rings (SSSR count). The summed E-state index contributed by atoms with van der Waals surface area (Å²) >= 11 is 0. The molecular weight excluding hydrogens is 684 g/mol. The van der Waals surface area contributed by atoms with E-state index in [0.29, 0.717) is 0 Å². The van der Waals surface area contributed by atoms with E-state index >= 15 is 30.7 Å².